The quantitative estimate of drug-likeness (QED) is 0.435. The highest BCUT2D eigenvalue weighted by Crippen LogP contribution is 2.63. The van der Waals surface area contributed by atoms with E-state index in [9.17, 15) is 19.5 Å². The maximum Gasteiger partial charge on any atom is 0.326 e. The number of benzene rings is 2. The predicted molar refractivity (Wildman–Crippen MR) is 127 cm³/mol. The number of aliphatic carboxylic acids is 1. The van der Waals surface area contributed by atoms with E-state index >= 15 is 0 Å². The van der Waals surface area contributed by atoms with Crippen LogP contribution in [0.1, 0.15) is 29.3 Å². The van der Waals surface area contributed by atoms with Crippen LogP contribution in [0, 0.1) is 5.41 Å². The van der Waals surface area contributed by atoms with Crippen LogP contribution in [0.3, 0.4) is 0 Å². The van der Waals surface area contributed by atoms with E-state index in [0.29, 0.717) is 16.8 Å². The van der Waals surface area contributed by atoms with Gasteiger partial charge in [0.15, 0.2) is 0 Å². The van der Waals surface area contributed by atoms with Gasteiger partial charge in [0.2, 0.25) is 5.91 Å². The van der Waals surface area contributed by atoms with Gasteiger partial charge in [-0.1, -0.05) is 30.3 Å². The number of carboxylic acids is 1. The van der Waals surface area contributed by atoms with Crippen molar-refractivity contribution in [2.45, 2.75) is 30.1 Å². The molecule has 4 rings (SSSR count). The lowest BCUT2D eigenvalue weighted by Gasteiger charge is -2.19. The Morgan fingerprint density at radius 3 is 2.39 bits per heavy atom. The Hall–Kier alpha value is -3.16. The number of carboxylic acid groups (broad SMARTS) is 1. The second kappa shape index (κ2) is 8.65. The van der Waals surface area contributed by atoms with Crippen LogP contribution in [0.5, 0.6) is 0 Å². The first-order chi connectivity index (χ1) is 15.6. The molecule has 170 valence electrons. The number of nitrogens with zero attached hydrogens (tertiary/aromatic N) is 1. The fourth-order valence-corrected chi connectivity index (χ4v) is 4.32. The lowest BCUT2D eigenvalue weighted by Crippen LogP contribution is -2.46. The van der Waals surface area contributed by atoms with E-state index in [2.05, 4.69) is 15.6 Å². The van der Waals surface area contributed by atoms with Crippen molar-refractivity contribution in [3.63, 3.8) is 0 Å². The Balaban J connectivity index is 1.42. The van der Waals surface area contributed by atoms with Crippen LogP contribution in [0.15, 0.2) is 60.8 Å². The van der Waals surface area contributed by atoms with E-state index in [0.717, 1.165) is 10.9 Å². The van der Waals surface area contributed by atoms with Crippen LogP contribution in [-0.4, -0.2) is 38.2 Å². The molecule has 33 heavy (non-hydrogen) atoms. The van der Waals surface area contributed by atoms with E-state index in [4.69, 9.17) is 23.2 Å². The summed E-state index contributed by atoms with van der Waals surface area (Å²) in [5.74, 6) is -1.93. The number of rotatable bonds is 7. The summed E-state index contributed by atoms with van der Waals surface area (Å²) in [5, 5.41) is 15.7. The topological polar surface area (TPSA) is 108 Å². The number of hydrogen-bond donors (Lipinski definition) is 3. The highest BCUT2D eigenvalue weighted by atomic mass is 35.5. The molecular weight excluding hydrogens is 465 g/mol. The number of alkyl halides is 2. The maximum atomic E-state index is 12.8. The van der Waals surface area contributed by atoms with Gasteiger partial charge in [0, 0.05) is 23.7 Å². The van der Waals surface area contributed by atoms with Gasteiger partial charge in [-0.05, 0) is 43.2 Å². The number of amides is 2. The molecule has 1 aliphatic rings. The minimum atomic E-state index is -1.18. The zero-order valence-corrected chi connectivity index (χ0v) is 19.2. The molecule has 0 saturated heterocycles. The Kier molecular flexibility index (Phi) is 6.03. The maximum absolute atomic E-state index is 12.8. The van der Waals surface area contributed by atoms with Crippen molar-refractivity contribution in [2.75, 3.05) is 5.32 Å². The smallest absolute Gasteiger partial charge is 0.326 e. The third kappa shape index (κ3) is 4.65. The summed E-state index contributed by atoms with van der Waals surface area (Å²) in [6.07, 6.45) is 1.92. The van der Waals surface area contributed by atoms with Gasteiger partial charge in [0.05, 0.1) is 16.5 Å². The number of aromatic nitrogens is 1. The molecule has 3 aromatic rings. The van der Waals surface area contributed by atoms with Gasteiger partial charge in [0.25, 0.3) is 5.91 Å². The Labute approximate surface area is 200 Å². The summed E-state index contributed by atoms with van der Waals surface area (Å²) in [4.78, 5) is 41.2. The van der Waals surface area contributed by atoms with Crippen LogP contribution >= 0.6 is 23.2 Å². The summed E-state index contributed by atoms with van der Waals surface area (Å²) in [6, 6.07) is 14.7. The van der Waals surface area contributed by atoms with Gasteiger partial charge in [-0.2, -0.15) is 0 Å². The molecule has 9 heteroatoms. The average molecular weight is 486 g/mol. The number of fused-ring (bicyclic) bond motifs is 1. The molecule has 1 heterocycles. The molecule has 2 aromatic carbocycles. The molecule has 7 nitrogen and oxygen atoms in total. The Bertz CT molecular complexity index is 1240. The van der Waals surface area contributed by atoms with Gasteiger partial charge in [-0.15, -0.1) is 23.2 Å². The standard InChI is InChI=1S/C24H21Cl2N3O4/c1-23(13-24(23,25)26)22(33)29-19(21(31)32)12-14-6-8-15(9-7-14)28-20(30)17-10-11-27-18-5-3-2-4-16(17)18/h2-11,19H,12-13H2,1H3,(H,28,30)(H,29,33)(H,31,32). The zero-order valence-electron chi connectivity index (χ0n) is 17.6. The minimum absolute atomic E-state index is 0.0674. The fourth-order valence-electron chi connectivity index (χ4n) is 3.62. The summed E-state index contributed by atoms with van der Waals surface area (Å²) < 4.78 is -1.18. The van der Waals surface area contributed by atoms with Gasteiger partial charge in [-0.3, -0.25) is 14.6 Å². The first-order valence-corrected chi connectivity index (χ1v) is 11.0. The third-order valence-electron chi connectivity index (χ3n) is 5.91. The molecule has 1 aliphatic carbocycles. The van der Waals surface area contributed by atoms with E-state index in [1.165, 1.54) is 0 Å². The number of carbonyl (C=O) groups excluding carboxylic acids is 2. The van der Waals surface area contributed by atoms with Crippen molar-refractivity contribution in [2.24, 2.45) is 5.41 Å². The normalized spacial score (nSPS) is 19.5. The molecule has 2 amide bonds. The molecular formula is C24H21Cl2N3O4. The molecule has 2 atom stereocenters. The van der Waals surface area contributed by atoms with Gasteiger partial charge in [0.1, 0.15) is 10.4 Å². The van der Waals surface area contributed by atoms with E-state index in [1.807, 2.05) is 24.3 Å². The number of nitrogens with one attached hydrogen (secondary N) is 2. The molecule has 2 unspecified atom stereocenters. The molecule has 1 fully saturated rings. The third-order valence-corrected chi connectivity index (χ3v) is 7.01. The van der Waals surface area contributed by atoms with Gasteiger partial charge >= 0.3 is 5.97 Å². The summed E-state index contributed by atoms with van der Waals surface area (Å²) in [5.41, 5.74) is 1.46. The minimum Gasteiger partial charge on any atom is -0.480 e. The fraction of sp³-hybridized carbons (Fsp3) is 0.250. The first-order valence-electron chi connectivity index (χ1n) is 10.3. The van der Waals surface area contributed by atoms with Crippen LogP contribution < -0.4 is 10.6 Å². The van der Waals surface area contributed by atoms with Crippen LogP contribution in [0.2, 0.25) is 0 Å². The highest BCUT2D eigenvalue weighted by molar-refractivity contribution is 6.53. The Morgan fingerprint density at radius 2 is 1.76 bits per heavy atom. The number of hydrogen-bond acceptors (Lipinski definition) is 4. The number of para-hydroxylation sites is 1. The molecule has 1 saturated carbocycles. The average Bonchev–Trinajstić information content (AvgIpc) is 3.32. The van der Waals surface area contributed by atoms with E-state index < -0.39 is 27.7 Å². The molecule has 0 spiro atoms. The molecule has 1 aromatic heterocycles. The first kappa shape index (κ1) is 23.0. The second-order valence-electron chi connectivity index (χ2n) is 8.31. The van der Waals surface area contributed by atoms with Crippen LogP contribution in [-0.2, 0) is 16.0 Å². The number of halogens is 2. The number of pyridine rings is 1. The van der Waals surface area contributed by atoms with Gasteiger partial charge < -0.3 is 15.7 Å². The van der Waals surface area contributed by atoms with E-state index in [1.54, 1.807) is 43.5 Å². The van der Waals surface area contributed by atoms with Crippen molar-refractivity contribution in [3.8, 4) is 0 Å². The highest BCUT2D eigenvalue weighted by Gasteiger charge is 2.68. The summed E-state index contributed by atoms with van der Waals surface area (Å²) in [7, 11) is 0. The molecule has 0 radical (unpaired) electrons. The van der Waals surface area contributed by atoms with Crippen molar-refractivity contribution < 1.29 is 19.5 Å². The summed E-state index contributed by atoms with van der Waals surface area (Å²) in [6.45, 7) is 1.60. The van der Waals surface area contributed by atoms with Crippen molar-refractivity contribution in [1.29, 1.82) is 0 Å². The monoisotopic (exact) mass is 485 g/mol. The Morgan fingerprint density at radius 1 is 1.09 bits per heavy atom. The second-order valence-corrected chi connectivity index (χ2v) is 9.79. The largest absolute Gasteiger partial charge is 0.480 e. The van der Waals surface area contributed by atoms with Crippen molar-refractivity contribution in [3.05, 3.63) is 71.9 Å². The number of anilines is 1. The molecule has 3 N–H and O–H groups in total. The lowest BCUT2D eigenvalue weighted by molar-refractivity contribution is -0.142. The summed E-state index contributed by atoms with van der Waals surface area (Å²) >= 11 is 12.0. The predicted octanol–water partition coefficient (Wildman–Crippen LogP) is 4.18. The van der Waals surface area contributed by atoms with Crippen molar-refractivity contribution in [1.82, 2.24) is 10.3 Å². The van der Waals surface area contributed by atoms with Crippen molar-refractivity contribution >= 4 is 57.6 Å². The van der Waals surface area contributed by atoms with Gasteiger partial charge in [-0.25, -0.2) is 4.79 Å². The molecule has 0 bridgehead atoms. The van der Waals surface area contributed by atoms with Crippen LogP contribution in [0.25, 0.3) is 10.9 Å². The molecule has 0 aliphatic heterocycles. The van der Waals surface area contributed by atoms with E-state index in [-0.39, 0.29) is 18.7 Å². The number of carbonyl (C=O) groups is 3. The van der Waals surface area contributed by atoms with Crippen LogP contribution in [0.4, 0.5) is 5.69 Å². The lowest BCUT2D eigenvalue weighted by atomic mass is 10.0. The zero-order chi connectivity index (χ0) is 23.8. The SMILES string of the molecule is CC1(C(=O)NC(Cc2ccc(NC(=O)c3ccnc4ccccc34)cc2)C(=O)O)CC1(Cl)Cl.